The Balaban J connectivity index is 2.67. The molecule has 0 unspecified atom stereocenters. The van der Waals surface area contributed by atoms with E-state index in [1.54, 1.807) is 6.07 Å². The van der Waals surface area contributed by atoms with E-state index >= 15 is 0 Å². The highest BCUT2D eigenvalue weighted by atomic mass is 35.5. The first kappa shape index (κ1) is 16.5. The zero-order valence-electron chi connectivity index (χ0n) is 11.8. The third-order valence-electron chi connectivity index (χ3n) is 2.51. The van der Waals surface area contributed by atoms with Gasteiger partial charge in [0.2, 0.25) is 5.91 Å². The van der Waals surface area contributed by atoms with Gasteiger partial charge in [0.15, 0.2) is 0 Å². The van der Waals surface area contributed by atoms with E-state index < -0.39 is 5.97 Å². The van der Waals surface area contributed by atoms with Crippen molar-refractivity contribution in [2.75, 3.05) is 11.9 Å². The fourth-order valence-corrected chi connectivity index (χ4v) is 1.86. The molecule has 5 nitrogen and oxygen atoms in total. The number of amides is 1. The van der Waals surface area contributed by atoms with Gasteiger partial charge in [-0.05, 0) is 32.9 Å². The van der Waals surface area contributed by atoms with Crippen molar-refractivity contribution in [3.05, 3.63) is 28.8 Å². The van der Waals surface area contributed by atoms with E-state index in [1.807, 2.05) is 20.8 Å². The van der Waals surface area contributed by atoms with Gasteiger partial charge in [0, 0.05) is 18.5 Å². The van der Waals surface area contributed by atoms with E-state index in [4.69, 9.17) is 16.7 Å². The van der Waals surface area contributed by atoms with Crippen molar-refractivity contribution in [1.29, 1.82) is 0 Å². The van der Waals surface area contributed by atoms with Crippen LogP contribution in [-0.2, 0) is 4.79 Å². The lowest BCUT2D eigenvalue weighted by Gasteiger charge is -2.20. The standard InChI is InChI=1S/C14H19ClN2O3/c1-14(2,3)16-8-7-11(18)17-10-6-4-5-9(15)12(10)13(19)20/h4-6,16H,7-8H2,1-3H3,(H,17,18)(H,19,20). The topological polar surface area (TPSA) is 78.4 Å². The average molecular weight is 299 g/mol. The predicted molar refractivity (Wildman–Crippen MR) is 79.4 cm³/mol. The molecule has 20 heavy (non-hydrogen) atoms. The molecule has 3 N–H and O–H groups in total. The fraction of sp³-hybridized carbons (Fsp3) is 0.429. The minimum absolute atomic E-state index is 0.0669. The lowest BCUT2D eigenvalue weighted by Crippen LogP contribution is -2.37. The highest BCUT2D eigenvalue weighted by molar-refractivity contribution is 6.34. The zero-order chi connectivity index (χ0) is 15.3. The molecule has 0 fully saturated rings. The van der Waals surface area contributed by atoms with Crippen molar-refractivity contribution in [2.45, 2.75) is 32.7 Å². The smallest absolute Gasteiger partial charge is 0.339 e. The van der Waals surface area contributed by atoms with Gasteiger partial charge in [-0.1, -0.05) is 17.7 Å². The van der Waals surface area contributed by atoms with Gasteiger partial charge in [0.25, 0.3) is 0 Å². The minimum atomic E-state index is -1.17. The van der Waals surface area contributed by atoms with Crippen LogP contribution < -0.4 is 10.6 Å². The summed E-state index contributed by atoms with van der Waals surface area (Å²) in [7, 11) is 0. The number of carbonyl (C=O) groups excluding carboxylic acids is 1. The van der Waals surface area contributed by atoms with Crippen LogP contribution in [0.1, 0.15) is 37.6 Å². The molecule has 1 rings (SSSR count). The van der Waals surface area contributed by atoms with E-state index in [1.165, 1.54) is 12.1 Å². The van der Waals surface area contributed by atoms with Crippen molar-refractivity contribution in [1.82, 2.24) is 5.32 Å². The molecule has 0 saturated carbocycles. The van der Waals surface area contributed by atoms with Crippen LogP contribution in [0.2, 0.25) is 5.02 Å². The fourth-order valence-electron chi connectivity index (χ4n) is 1.61. The molecule has 0 aliphatic rings. The minimum Gasteiger partial charge on any atom is -0.478 e. The van der Waals surface area contributed by atoms with Crippen LogP contribution >= 0.6 is 11.6 Å². The molecule has 0 spiro atoms. The molecule has 0 aliphatic carbocycles. The number of anilines is 1. The molecular weight excluding hydrogens is 280 g/mol. The lowest BCUT2D eigenvalue weighted by molar-refractivity contribution is -0.116. The van der Waals surface area contributed by atoms with E-state index in [0.29, 0.717) is 6.54 Å². The van der Waals surface area contributed by atoms with Gasteiger partial charge < -0.3 is 15.7 Å². The quantitative estimate of drug-likeness (QED) is 0.781. The number of hydrogen-bond donors (Lipinski definition) is 3. The van der Waals surface area contributed by atoms with E-state index in [2.05, 4.69) is 10.6 Å². The van der Waals surface area contributed by atoms with Gasteiger partial charge in [-0.2, -0.15) is 0 Å². The Bertz CT molecular complexity index is 510. The molecular formula is C14H19ClN2O3. The number of benzene rings is 1. The molecule has 0 aromatic heterocycles. The summed E-state index contributed by atoms with van der Waals surface area (Å²) in [6.45, 7) is 6.53. The predicted octanol–water partition coefficient (Wildman–Crippen LogP) is 2.75. The number of carbonyl (C=O) groups is 2. The van der Waals surface area contributed by atoms with Gasteiger partial charge in [0.05, 0.1) is 10.7 Å². The number of halogens is 1. The van der Waals surface area contributed by atoms with Crippen LogP contribution in [-0.4, -0.2) is 29.1 Å². The second kappa shape index (κ2) is 6.72. The first-order valence-electron chi connectivity index (χ1n) is 6.27. The molecule has 0 atom stereocenters. The number of hydrogen-bond acceptors (Lipinski definition) is 3. The zero-order valence-corrected chi connectivity index (χ0v) is 12.5. The summed E-state index contributed by atoms with van der Waals surface area (Å²) in [5.41, 5.74) is 0.0554. The molecule has 1 aromatic carbocycles. The van der Waals surface area contributed by atoms with Crippen LogP contribution in [0.15, 0.2) is 18.2 Å². The van der Waals surface area contributed by atoms with Crippen molar-refractivity contribution >= 4 is 29.2 Å². The van der Waals surface area contributed by atoms with Crippen LogP contribution in [0.25, 0.3) is 0 Å². The van der Waals surface area contributed by atoms with Crippen molar-refractivity contribution in [2.24, 2.45) is 0 Å². The van der Waals surface area contributed by atoms with Crippen molar-refractivity contribution in [3.63, 3.8) is 0 Å². The maximum absolute atomic E-state index is 11.8. The normalized spacial score (nSPS) is 11.2. The Hall–Kier alpha value is -1.59. The third-order valence-corrected chi connectivity index (χ3v) is 2.82. The van der Waals surface area contributed by atoms with Gasteiger partial charge in [0.1, 0.15) is 5.56 Å². The highest BCUT2D eigenvalue weighted by Gasteiger charge is 2.16. The molecule has 110 valence electrons. The van der Waals surface area contributed by atoms with Crippen LogP contribution in [0.5, 0.6) is 0 Å². The second-order valence-corrected chi connectivity index (χ2v) is 5.85. The van der Waals surface area contributed by atoms with Crippen LogP contribution in [0.4, 0.5) is 5.69 Å². The largest absolute Gasteiger partial charge is 0.478 e. The number of aromatic carboxylic acids is 1. The van der Waals surface area contributed by atoms with E-state index in [9.17, 15) is 9.59 Å². The molecule has 1 amide bonds. The Morgan fingerprint density at radius 3 is 2.50 bits per heavy atom. The van der Waals surface area contributed by atoms with E-state index in [0.717, 1.165) is 0 Å². The molecule has 6 heteroatoms. The summed E-state index contributed by atoms with van der Waals surface area (Å²) < 4.78 is 0. The average Bonchev–Trinajstić information content (AvgIpc) is 2.26. The van der Waals surface area contributed by atoms with Gasteiger partial charge in [-0.15, -0.1) is 0 Å². The first-order chi connectivity index (χ1) is 9.20. The molecule has 0 bridgehead atoms. The second-order valence-electron chi connectivity index (χ2n) is 5.44. The van der Waals surface area contributed by atoms with Crippen molar-refractivity contribution < 1.29 is 14.7 Å². The van der Waals surface area contributed by atoms with Gasteiger partial charge >= 0.3 is 5.97 Å². The van der Waals surface area contributed by atoms with Gasteiger partial charge in [-0.25, -0.2) is 4.79 Å². The summed E-state index contributed by atoms with van der Waals surface area (Å²) in [4.78, 5) is 22.9. The summed E-state index contributed by atoms with van der Waals surface area (Å²) in [5, 5.41) is 15.0. The lowest BCUT2D eigenvalue weighted by atomic mass is 10.1. The number of carboxylic acid groups (broad SMARTS) is 1. The van der Waals surface area contributed by atoms with E-state index in [-0.39, 0.29) is 34.1 Å². The summed E-state index contributed by atoms with van der Waals surface area (Å²) in [6.07, 6.45) is 0.253. The molecule has 0 radical (unpaired) electrons. The maximum Gasteiger partial charge on any atom is 0.339 e. The Morgan fingerprint density at radius 2 is 1.95 bits per heavy atom. The monoisotopic (exact) mass is 298 g/mol. The number of rotatable bonds is 5. The first-order valence-corrected chi connectivity index (χ1v) is 6.65. The molecule has 1 aromatic rings. The summed E-state index contributed by atoms with van der Waals surface area (Å²) in [5.74, 6) is -1.43. The van der Waals surface area contributed by atoms with Crippen LogP contribution in [0.3, 0.4) is 0 Å². The molecule has 0 aliphatic heterocycles. The number of carboxylic acids is 1. The Kier molecular flexibility index (Phi) is 5.53. The summed E-state index contributed by atoms with van der Waals surface area (Å²) in [6, 6.07) is 4.59. The maximum atomic E-state index is 11.8. The van der Waals surface area contributed by atoms with Gasteiger partial charge in [-0.3, -0.25) is 4.79 Å². The summed E-state index contributed by atoms with van der Waals surface area (Å²) >= 11 is 5.83. The van der Waals surface area contributed by atoms with Crippen LogP contribution in [0, 0.1) is 0 Å². The Morgan fingerprint density at radius 1 is 1.30 bits per heavy atom. The highest BCUT2D eigenvalue weighted by Crippen LogP contribution is 2.24. The van der Waals surface area contributed by atoms with Crippen molar-refractivity contribution in [3.8, 4) is 0 Å². The molecule has 0 heterocycles. The molecule has 0 saturated heterocycles. The Labute approximate surface area is 123 Å². The number of nitrogens with one attached hydrogen (secondary N) is 2. The SMILES string of the molecule is CC(C)(C)NCCC(=O)Nc1cccc(Cl)c1C(=O)O. The third kappa shape index (κ3) is 5.19.